The number of rotatable bonds is 4. The lowest BCUT2D eigenvalue weighted by atomic mass is 9.92. The van der Waals surface area contributed by atoms with Crippen LogP contribution >= 0.6 is 0 Å². The molecule has 0 saturated heterocycles. The second-order valence-electron chi connectivity index (χ2n) is 4.20. The van der Waals surface area contributed by atoms with E-state index < -0.39 is 5.41 Å². The lowest BCUT2D eigenvalue weighted by molar-refractivity contribution is -0.120. The van der Waals surface area contributed by atoms with Gasteiger partial charge in [0.2, 0.25) is 5.91 Å². The van der Waals surface area contributed by atoms with E-state index in [2.05, 4.69) is 0 Å². The number of methoxy groups -OCH3 is 1. The topological polar surface area (TPSA) is 78.3 Å². The minimum Gasteiger partial charge on any atom is -0.497 e. The average molecular weight is 220 g/mol. The van der Waals surface area contributed by atoms with Crippen LogP contribution in [0.15, 0.2) is 24.3 Å². The summed E-state index contributed by atoms with van der Waals surface area (Å²) in [4.78, 5) is 11.5. The predicted octanol–water partition coefficient (Wildman–Crippen LogP) is 0.397. The first kappa shape index (κ1) is 11.0. The van der Waals surface area contributed by atoms with Crippen molar-refractivity contribution in [3.8, 4) is 5.75 Å². The van der Waals surface area contributed by atoms with Crippen LogP contribution in [0.25, 0.3) is 0 Å². The maximum absolute atomic E-state index is 11.5. The number of amides is 1. The van der Waals surface area contributed by atoms with Crippen molar-refractivity contribution < 1.29 is 9.53 Å². The van der Waals surface area contributed by atoms with Crippen LogP contribution in [0, 0.1) is 5.92 Å². The Bertz CT molecular complexity index is 402. The Morgan fingerprint density at radius 3 is 2.50 bits per heavy atom. The Morgan fingerprint density at radius 2 is 2.12 bits per heavy atom. The number of hydrogen-bond donors (Lipinski definition) is 2. The fraction of sp³-hybridized carbons (Fsp3) is 0.417. The molecule has 0 aromatic heterocycles. The summed E-state index contributed by atoms with van der Waals surface area (Å²) in [5.41, 5.74) is 11.5. The monoisotopic (exact) mass is 220 g/mol. The second-order valence-corrected chi connectivity index (χ2v) is 4.20. The van der Waals surface area contributed by atoms with Gasteiger partial charge in [0.15, 0.2) is 0 Å². The molecule has 1 aromatic carbocycles. The quantitative estimate of drug-likeness (QED) is 0.770. The molecule has 0 radical (unpaired) electrons. The van der Waals surface area contributed by atoms with Gasteiger partial charge in [0.05, 0.1) is 12.5 Å². The van der Waals surface area contributed by atoms with Crippen LogP contribution in [0.1, 0.15) is 12.0 Å². The Labute approximate surface area is 94.6 Å². The number of nitrogens with two attached hydrogens (primary N) is 2. The normalized spacial score (nSPS) is 27.5. The summed E-state index contributed by atoms with van der Waals surface area (Å²) < 4.78 is 5.08. The van der Waals surface area contributed by atoms with Gasteiger partial charge in [0.25, 0.3) is 0 Å². The maximum Gasteiger partial charge on any atom is 0.228 e. The van der Waals surface area contributed by atoms with E-state index in [1.807, 2.05) is 24.3 Å². The first-order chi connectivity index (χ1) is 7.65. The number of primary amides is 1. The van der Waals surface area contributed by atoms with Gasteiger partial charge in [0.1, 0.15) is 5.75 Å². The van der Waals surface area contributed by atoms with Crippen LogP contribution in [0.2, 0.25) is 0 Å². The third-order valence-corrected chi connectivity index (χ3v) is 3.43. The number of ether oxygens (including phenoxy) is 1. The van der Waals surface area contributed by atoms with Gasteiger partial charge < -0.3 is 16.2 Å². The average Bonchev–Trinajstić information content (AvgIpc) is 3.05. The molecule has 0 aliphatic heterocycles. The van der Waals surface area contributed by atoms with Crippen molar-refractivity contribution in [3.63, 3.8) is 0 Å². The van der Waals surface area contributed by atoms with E-state index in [0.717, 1.165) is 17.7 Å². The summed E-state index contributed by atoms with van der Waals surface area (Å²) in [6.45, 7) is 0.495. The summed E-state index contributed by atoms with van der Waals surface area (Å²) in [7, 11) is 1.61. The van der Waals surface area contributed by atoms with Crippen LogP contribution in [-0.2, 0) is 10.2 Å². The van der Waals surface area contributed by atoms with E-state index in [-0.39, 0.29) is 11.8 Å². The highest BCUT2D eigenvalue weighted by Crippen LogP contribution is 2.53. The van der Waals surface area contributed by atoms with Gasteiger partial charge in [-0.3, -0.25) is 4.79 Å². The van der Waals surface area contributed by atoms with Gasteiger partial charge in [-0.1, -0.05) is 12.1 Å². The molecule has 4 heteroatoms. The molecule has 0 heterocycles. The van der Waals surface area contributed by atoms with Crippen LogP contribution < -0.4 is 16.2 Å². The lowest BCUT2D eigenvalue weighted by Crippen LogP contribution is -2.32. The van der Waals surface area contributed by atoms with E-state index in [1.165, 1.54) is 0 Å². The molecule has 1 aromatic rings. The summed E-state index contributed by atoms with van der Waals surface area (Å²) >= 11 is 0. The molecule has 4 nitrogen and oxygen atoms in total. The molecule has 1 aliphatic rings. The molecule has 1 fully saturated rings. The number of hydrogen-bond acceptors (Lipinski definition) is 3. The van der Waals surface area contributed by atoms with Crippen LogP contribution in [0.5, 0.6) is 5.75 Å². The zero-order valence-corrected chi connectivity index (χ0v) is 9.27. The van der Waals surface area contributed by atoms with Crippen molar-refractivity contribution in [1.82, 2.24) is 0 Å². The number of carbonyl (C=O) groups is 1. The van der Waals surface area contributed by atoms with Gasteiger partial charge in [-0.2, -0.15) is 0 Å². The molecule has 16 heavy (non-hydrogen) atoms. The highest BCUT2D eigenvalue weighted by molar-refractivity contribution is 5.90. The molecule has 4 N–H and O–H groups in total. The molecule has 2 atom stereocenters. The Morgan fingerprint density at radius 1 is 1.50 bits per heavy atom. The molecule has 2 unspecified atom stereocenters. The van der Waals surface area contributed by atoms with Gasteiger partial charge in [-0.15, -0.1) is 0 Å². The first-order valence-corrected chi connectivity index (χ1v) is 5.29. The largest absolute Gasteiger partial charge is 0.497 e. The number of carbonyl (C=O) groups excluding carboxylic acids is 1. The zero-order valence-electron chi connectivity index (χ0n) is 9.27. The minimum atomic E-state index is -0.541. The van der Waals surface area contributed by atoms with Crippen molar-refractivity contribution in [3.05, 3.63) is 29.8 Å². The van der Waals surface area contributed by atoms with Crippen LogP contribution in [0.3, 0.4) is 0 Å². The molecular formula is C12H16N2O2. The molecule has 86 valence electrons. The van der Waals surface area contributed by atoms with Gasteiger partial charge in [-0.25, -0.2) is 0 Å². The lowest BCUT2D eigenvalue weighted by Gasteiger charge is -2.14. The van der Waals surface area contributed by atoms with E-state index in [4.69, 9.17) is 16.2 Å². The Balaban J connectivity index is 2.31. The summed E-state index contributed by atoms with van der Waals surface area (Å²) in [6, 6.07) is 7.45. The van der Waals surface area contributed by atoms with Crippen LogP contribution in [-0.4, -0.2) is 19.6 Å². The molecule has 0 spiro atoms. The van der Waals surface area contributed by atoms with E-state index >= 15 is 0 Å². The number of benzene rings is 1. The standard InChI is InChI=1S/C12H16N2O2/c1-16-10-4-2-8(3-5-10)12(11(14)15)6-9(12)7-13/h2-5,9H,6-7,13H2,1H3,(H2,14,15). The summed E-state index contributed by atoms with van der Waals surface area (Å²) in [5.74, 6) is 0.667. The molecule has 0 bridgehead atoms. The first-order valence-electron chi connectivity index (χ1n) is 5.29. The Kier molecular flexibility index (Phi) is 2.59. The van der Waals surface area contributed by atoms with Gasteiger partial charge in [-0.05, 0) is 36.6 Å². The van der Waals surface area contributed by atoms with Crippen molar-refractivity contribution in [2.24, 2.45) is 17.4 Å². The fourth-order valence-electron chi connectivity index (χ4n) is 2.30. The summed E-state index contributed by atoms with van der Waals surface area (Å²) in [6.07, 6.45) is 0.755. The molecule has 1 saturated carbocycles. The van der Waals surface area contributed by atoms with E-state index in [0.29, 0.717) is 6.54 Å². The third kappa shape index (κ3) is 1.46. The SMILES string of the molecule is COc1ccc(C2(C(N)=O)CC2CN)cc1. The highest BCUT2D eigenvalue weighted by atomic mass is 16.5. The highest BCUT2D eigenvalue weighted by Gasteiger charge is 2.59. The molecule has 1 aliphatic carbocycles. The van der Waals surface area contributed by atoms with Crippen molar-refractivity contribution in [2.75, 3.05) is 13.7 Å². The van der Waals surface area contributed by atoms with Crippen molar-refractivity contribution >= 4 is 5.91 Å². The molecular weight excluding hydrogens is 204 g/mol. The Hall–Kier alpha value is -1.55. The molecule has 2 rings (SSSR count). The molecule has 1 amide bonds. The van der Waals surface area contributed by atoms with Crippen LogP contribution in [0.4, 0.5) is 0 Å². The smallest absolute Gasteiger partial charge is 0.228 e. The summed E-state index contributed by atoms with van der Waals surface area (Å²) in [5, 5.41) is 0. The van der Waals surface area contributed by atoms with Crippen molar-refractivity contribution in [2.45, 2.75) is 11.8 Å². The van der Waals surface area contributed by atoms with Gasteiger partial charge in [0, 0.05) is 0 Å². The predicted molar refractivity (Wildman–Crippen MR) is 61.0 cm³/mol. The van der Waals surface area contributed by atoms with E-state index in [1.54, 1.807) is 7.11 Å². The second kappa shape index (κ2) is 3.79. The van der Waals surface area contributed by atoms with Gasteiger partial charge >= 0.3 is 0 Å². The van der Waals surface area contributed by atoms with E-state index in [9.17, 15) is 4.79 Å². The minimum absolute atomic E-state index is 0.179. The zero-order chi connectivity index (χ0) is 11.8. The van der Waals surface area contributed by atoms with Crippen molar-refractivity contribution in [1.29, 1.82) is 0 Å². The third-order valence-electron chi connectivity index (χ3n) is 3.43. The maximum atomic E-state index is 11.5. The fourth-order valence-corrected chi connectivity index (χ4v) is 2.30.